The number of allylic oxidation sites excluding steroid dienone is 1. The van der Waals surface area contributed by atoms with E-state index in [-0.39, 0.29) is 33.5 Å². The molecule has 3 aromatic rings. The maximum absolute atomic E-state index is 13.9. The number of ether oxygens (including phenoxy) is 3. The number of nitrogens with zero attached hydrogens (tertiary/aromatic N) is 3. The van der Waals surface area contributed by atoms with Gasteiger partial charge in [-0.25, -0.2) is 9.59 Å². The molecule has 2 aliphatic heterocycles. The molecule has 3 heterocycles. The van der Waals surface area contributed by atoms with Gasteiger partial charge in [0.05, 0.1) is 50.5 Å². The number of rotatable bonds is 11. The highest BCUT2D eigenvalue weighted by Crippen LogP contribution is 2.46. The van der Waals surface area contributed by atoms with E-state index in [0.29, 0.717) is 68.3 Å². The van der Waals surface area contributed by atoms with E-state index in [1.807, 2.05) is 42.5 Å². The van der Waals surface area contributed by atoms with Gasteiger partial charge < -0.3 is 24.4 Å². The molecule has 1 aromatic heterocycles. The summed E-state index contributed by atoms with van der Waals surface area (Å²) in [5.41, 5.74) is 3.23. The molecule has 1 atom stereocenters. The highest BCUT2D eigenvalue weighted by molar-refractivity contribution is 6.36. The number of carbonyl (C=O) groups is 3. The molecule has 10 nitrogen and oxygen atoms in total. The minimum absolute atomic E-state index is 0.0658. The topological polar surface area (TPSA) is 110 Å². The van der Waals surface area contributed by atoms with Gasteiger partial charge in [-0.05, 0) is 48.7 Å². The Kier molecular flexibility index (Phi) is 11.8. The predicted octanol–water partition coefficient (Wildman–Crippen LogP) is 5.31. The number of piperazine rings is 1. The maximum atomic E-state index is 13.9. The number of carbonyl (C=O) groups excluding carboxylic acids is 3. The van der Waals surface area contributed by atoms with Crippen LogP contribution in [0.4, 0.5) is 0 Å². The number of nitrogens with one attached hydrogen (secondary N) is 1. The third-order valence-corrected chi connectivity index (χ3v) is 9.29. The van der Waals surface area contributed by atoms with E-state index in [4.69, 9.17) is 37.4 Å². The van der Waals surface area contributed by atoms with Crippen molar-refractivity contribution in [3.63, 3.8) is 0 Å². The van der Waals surface area contributed by atoms with E-state index < -0.39 is 17.9 Å². The second-order valence-electron chi connectivity index (χ2n) is 11.4. The summed E-state index contributed by atoms with van der Waals surface area (Å²) in [6.07, 6.45) is 2.42. The highest BCUT2D eigenvalue weighted by atomic mass is 35.5. The van der Waals surface area contributed by atoms with Crippen LogP contribution in [0.5, 0.6) is 5.75 Å². The number of halogens is 2. The number of esters is 2. The molecule has 1 fully saturated rings. The third-order valence-electron chi connectivity index (χ3n) is 8.63. The van der Waals surface area contributed by atoms with Gasteiger partial charge in [0.25, 0.3) is 0 Å². The molecular formula is C36H38Cl2N4O6. The quantitative estimate of drug-likeness (QED) is 0.268. The number of benzene rings is 2. The maximum Gasteiger partial charge on any atom is 0.336 e. The van der Waals surface area contributed by atoms with Crippen molar-refractivity contribution in [3.05, 3.63) is 116 Å². The van der Waals surface area contributed by atoms with E-state index in [2.05, 4.69) is 15.2 Å². The van der Waals surface area contributed by atoms with E-state index in [1.165, 1.54) is 14.2 Å². The van der Waals surface area contributed by atoms with E-state index in [9.17, 15) is 14.4 Å². The smallest absolute Gasteiger partial charge is 0.336 e. The first-order valence-corrected chi connectivity index (χ1v) is 16.4. The third kappa shape index (κ3) is 7.84. The SMILES string of the molecule is COC(=O)C1=C(CCc2ccccc2OC)NC(CC(=O)N2CCN(Cc3ccccn3)CC2)=C(C(=O)OC)C1c1c(Cl)cccc1Cl. The van der Waals surface area contributed by atoms with Crippen molar-refractivity contribution < 1.29 is 28.6 Å². The van der Waals surface area contributed by atoms with Crippen LogP contribution in [0.15, 0.2) is 89.4 Å². The molecule has 1 N–H and O–H groups in total. The average Bonchev–Trinajstić information content (AvgIpc) is 3.10. The monoisotopic (exact) mass is 692 g/mol. The first-order chi connectivity index (χ1) is 23.2. The number of methoxy groups -OCH3 is 3. The van der Waals surface area contributed by atoms with Crippen molar-refractivity contribution in [2.45, 2.75) is 31.7 Å². The zero-order valence-electron chi connectivity index (χ0n) is 27.1. The Hall–Kier alpha value is -4.38. The lowest BCUT2D eigenvalue weighted by Gasteiger charge is -2.36. The highest BCUT2D eigenvalue weighted by Gasteiger charge is 2.42. The second-order valence-corrected chi connectivity index (χ2v) is 12.2. The summed E-state index contributed by atoms with van der Waals surface area (Å²) in [4.78, 5) is 49.6. The van der Waals surface area contributed by atoms with Crippen molar-refractivity contribution >= 4 is 41.0 Å². The zero-order valence-corrected chi connectivity index (χ0v) is 28.6. The van der Waals surface area contributed by atoms with Crippen LogP contribution in [0.1, 0.15) is 35.6 Å². The summed E-state index contributed by atoms with van der Waals surface area (Å²) in [5.74, 6) is -1.95. The van der Waals surface area contributed by atoms with Gasteiger partial charge in [0.1, 0.15) is 5.75 Å². The summed E-state index contributed by atoms with van der Waals surface area (Å²) in [6, 6.07) is 18.4. The van der Waals surface area contributed by atoms with Crippen LogP contribution >= 0.6 is 23.2 Å². The van der Waals surface area contributed by atoms with Crippen molar-refractivity contribution in [2.75, 3.05) is 47.5 Å². The minimum atomic E-state index is -1.07. The molecule has 1 unspecified atom stereocenters. The number of amides is 1. The van der Waals surface area contributed by atoms with Crippen molar-refractivity contribution in [1.82, 2.24) is 20.1 Å². The normalized spacial score (nSPS) is 16.8. The molecule has 0 aliphatic carbocycles. The number of para-hydroxylation sites is 1. The molecule has 0 bridgehead atoms. The fraction of sp³-hybridized carbons (Fsp3) is 0.333. The molecule has 0 spiro atoms. The first-order valence-electron chi connectivity index (χ1n) is 15.6. The van der Waals surface area contributed by atoms with Gasteiger partial charge >= 0.3 is 11.9 Å². The van der Waals surface area contributed by atoms with Gasteiger partial charge in [0.15, 0.2) is 0 Å². The molecule has 0 radical (unpaired) electrons. The van der Waals surface area contributed by atoms with Crippen molar-refractivity contribution in [2.24, 2.45) is 0 Å². The molecule has 1 saturated heterocycles. The van der Waals surface area contributed by atoms with Crippen LogP contribution in [0.3, 0.4) is 0 Å². The summed E-state index contributed by atoms with van der Waals surface area (Å²) in [7, 11) is 4.12. The fourth-order valence-electron chi connectivity index (χ4n) is 6.23. The van der Waals surface area contributed by atoms with E-state index >= 15 is 0 Å². The molecule has 0 saturated carbocycles. The van der Waals surface area contributed by atoms with Gasteiger partial charge in [0, 0.05) is 65.9 Å². The largest absolute Gasteiger partial charge is 0.496 e. The minimum Gasteiger partial charge on any atom is -0.496 e. The Bertz CT molecular complexity index is 1700. The van der Waals surface area contributed by atoms with Crippen molar-refractivity contribution in [1.29, 1.82) is 0 Å². The van der Waals surface area contributed by atoms with Crippen molar-refractivity contribution in [3.8, 4) is 5.75 Å². The summed E-state index contributed by atoms with van der Waals surface area (Å²) in [6.45, 7) is 3.06. The van der Waals surface area contributed by atoms with Crippen LogP contribution < -0.4 is 10.1 Å². The predicted molar refractivity (Wildman–Crippen MR) is 182 cm³/mol. The van der Waals surface area contributed by atoms with Crippen LogP contribution in [0, 0.1) is 0 Å². The summed E-state index contributed by atoms with van der Waals surface area (Å²) >= 11 is 13.5. The van der Waals surface area contributed by atoms with Crippen LogP contribution in [-0.2, 0) is 36.8 Å². The number of aromatic nitrogens is 1. The van der Waals surface area contributed by atoms with Gasteiger partial charge in [-0.2, -0.15) is 0 Å². The lowest BCUT2D eigenvalue weighted by molar-refractivity contribution is -0.137. The van der Waals surface area contributed by atoms with E-state index in [1.54, 1.807) is 36.4 Å². The molecule has 2 aromatic carbocycles. The number of aryl methyl sites for hydroxylation is 1. The second kappa shape index (κ2) is 16.1. The Balaban J connectivity index is 1.51. The van der Waals surface area contributed by atoms with Gasteiger partial charge in [-0.15, -0.1) is 0 Å². The lowest BCUT2D eigenvalue weighted by Crippen LogP contribution is -2.49. The summed E-state index contributed by atoms with van der Waals surface area (Å²) in [5, 5.41) is 3.80. The van der Waals surface area contributed by atoms with Crippen LogP contribution in [0.2, 0.25) is 10.0 Å². The van der Waals surface area contributed by atoms with Gasteiger partial charge in [-0.3, -0.25) is 14.7 Å². The fourth-order valence-corrected chi connectivity index (χ4v) is 6.85. The Labute approximate surface area is 290 Å². The van der Waals surface area contributed by atoms with Crippen LogP contribution in [0.25, 0.3) is 0 Å². The van der Waals surface area contributed by atoms with Gasteiger partial charge in [0.2, 0.25) is 5.91 Å². The molecule has 5 rings (SSSR count). The molecule has 2 aliphatic rings. The molecular weight excluding hydrogens is 655 g/mol. The Morgan fingerprint density at radius 1 is 0.812 bits per heavy atom. The Morgan fingerprint density at radius 3 is 2.08 bits per heavy atom. The Morgan fingerprint density at radius 2 is 1.46 bits per heavy atom. The number of pyridine rings is 1. The standard InChI is InChI=1S/C36H38Cl2N4O6/c1-46-29-13-5-4-9-23(29)14-15-27-32(35(44)47-2)34(31-25(37)11-8-12-26(31)38)33(36(45)48-3)28(40-27)21-30(43)42-19-17-41(18-20-42)22-24-10-6-7-16-39-24/h4-13,16,34,40H,14-15,17-22H2,1-3H3. The molecule has 48 heavy (non-hydrogen) atoms. The lowest BCUT2D eigenvalue weighted by atomic mass is 9.78. The molecule has 252 valence electrons. The molecule has 12 heteroatoms. The number of hydrogen-bond donors (Lipinski definition) is 1. The average molecular weight is 694 g/mol. The van der Waals surface area contributed by atoms with Crippen LogP contribution in [-0.4, -0.2) is 80.1 Å². The number of dihydropyridines is 1. The zero-order chi connectivity index (χ0) is 34.2. The summed E-state index contributed by atoms with van der Waals surface area (Å²) < 4.78 is 16.1. The van der Waals surface area contributed by atoms with Gasteiger partial charge in [-0.1, -0.05) is 53.5 Å². The first kappa shape index (κ1) is 34.9. The molecule has 1 amide bonds. The van der Waals surface area contributed by atoms with E-state index in [0.717, 1.165) is 11.3 Å². The number of hydrogen-bond acceptors (Lipinski definition) is 9.